The molecule has 3 N–H and O–H groups in total. The first kappa shape index (κ1) is 15.8. The Kier molecular flexibility index (Phi) is 4.58. The quantitative estimate of drug-likeness (QED) is 0.803. The highest BCUT2D eigenvalue weighted by Crippen LogP contribution is 2.35. The zero-order valence-electron chi connectivity index (χ0n) is 11.7. The third-order valence-electron chi connectivity index (χ3n) is 2.97. The minimum absolute atomic E-state index is 0.321. The van der Waals surface area contributed by atoms with Gasteiger partial charge in [-0.05, 0) is 44.8 Å². The third kappa shape index (κ3) is 3.06. The smallest absolute Gasteiger partial charge is 0.276 e. The number of carbonyl (C=O) groups excluding carboxylic acids is 1. The van der Waals surface area contributed by atoms with Crippen molar-refractivity contribution >= 4 is 49.1 Å². The molecule has 2 aromatic rings. The Balaban J connectivity index is 2.36. The largest absolute Gasteiger partial charge is 0.495 e. The molecule has 0 saturated heterocycles. The van der Waals surface area contributed by atoms with Crippen LogP contribution in [-0.2, 0) is 7.05 Å². The van der Waals surface area contributed by atoms with E-state index in [0.717, 1.165) is 8.95 Å². The fourth-order valence-corrected chi connectivity index (χ4v) is 3.16. The Hall–Kier alpha value is -1.54. The molecule has 6 nitrogen and oxygen atoms in total. The minimum Gasteiger partial charge on any atom is -0.495 e. The molecule has 1 amide bonds. The van der Waals surface area contributed by atoms with E-state index >= 15 is 0 Å². The number of methoxy groups -OCH3 is 1. The third-order valence-corrected chi connectivity index (χ3v) is 4.25. The summed E-state index contributed by atoms with van der Waals surface area (Å²) in [6, 6.07) is 3.51. The number of aryl methyl sites for hydroxylation is 2. The van der Waals surface area contributed by atoms with Crippen LogP contribution in [-0.4, -0.2) is 22.8 Å². The molecule has 0 atom stereocenters. The van der Waals surface area contributed by atoms with Gasteiger partial charge in [0.05, 0.1) is 28.7 Å². The summed E-state index contributed by atoms with van der Waals surface area (Å²) in [5.41, 5.74) is 7.78. The highest BCUT2D eigenvalue weighted by Gasteiger charge is 2.19. The second-order valence-electron chi connectivity index (χ2n) is 4.39. The topological polar surface area (TPSA) is 82.2 Å². The van der Waals surface area contributed by atoms with Crippen LogP contribution < -0.4 is 15.8 Å². The van der Waals surface area contributed by atoms with Crippen molar-refractivity contribution in [2.45, 2.75) is 6.92 Å². The van der Waals surface area contributed by atoms with Gasteiger partial charge in [-0.2, -0.15) is 5.10 Å². The van der Waals surface area contributed by atoms with Gasteiger partial charge in [0.2, 0.25) is 0 Å². The highest BCUT2D eigenvalue weighted by atomic mass is 79.9. The number of hydrogen-bond donors (Lipinski definition) is 2. The minimum atomic E-state index is -0.333. The summed E-state index contributed by atoms with van der Waals surface area (Å²) in [6.45, 7) is 1.75. The fourth-order valence-electron chi connectivity index (χ4n) is 1.91. The first-order chi connectivity index (χ1) is 9.85. The van der Waals surface area contributed by atoms with E-state index in [2.05, 4.69) is 42.3 Å². The van der Waals surface area contributed by atoms with E-state index in [4.69, 9.17) is 10.5 Å². The zero-order chi connectivity index (χ0) is 15.7. The van der Waals surface area contributed by atoms with Crippen molar-refractivity contribution in [3.05, 3.63) is 32.5 Å². The molecule has 1 heterocycles. The average molecular weight is 418 g/mol. The van der Waals surface area contributed by atoms with Gasteiger partial charge in [0.1, 0.15) is 11.4 Å². The summed E-state index contributed by atoms with van der Waals surface area (Å²) >= 11 is 6.78. The number of halogens is 2. The number of carbonyl (C=O) groups is 1. The zero-order valence-corrected chi connectivity index (χ0v) is 14.9. The number of amides is 1. The summed E-state index contributed by atoms with van der Waals surface area (Å²) in [7, 11) is 3.23. The van der Waals surface area contributed by atoms with Crippen LogP contribution in [0.2, 0.25) is 0 Å². The van der Waals surface area contributed by atoms with Crippen LogP contribution in [0.5, 0.6) is 5.75 Å². The molecule has 0 spiro atoms. The molecule has 0 radical (unpaired) electrons. The summed E-state index contributed by atoms with van der Waals surface area (Å²) in [4.78, 5) is 12.4. The molecule has 8 heteroatoms. The Bertz CT molecular complexity index is 713. The molecule has 0 aliphatic heterocycles. The summed E-state index contributed by atoms with van der Waals surface area (Å²) < 4.78 is 8.19. The van der Waals surface area contributed by atoms with Crippen molar-refractivity contribution in [1.82, 2.24) is 9.78 Å². The number of hydrogen-bond acceptors (Lipinski definition) is 4. The van der Waals surface area contributed by atoms with Crippen LogP contribution in [0.25, 0.3) is 0 Å². The second kappa shape index (κ2) is 6.07. The van der Waals surface area contributed by atoms with E-state index in [1.807, 2.05) is 0 Å². The summed E-state index contributed by atoms with van der Waals surface area (Å²) in [5, 5.41) is 6.93. The second-order valence-corrected chi connectivity index (χ2v) is 6.10. The molecular weight excluding hydrogens is 404 g/mol. The number of nitrogen functional groups attached to an aromatic ring is 1. The number of nitrogens with zero attached hydrogens (tertiary/aromatic N) is 2. The lowest BCUT2D eigenvalue weighted by Gasteiger charge is -2.11. The van der Waals surface area contributed by atoms with Gasteiger partial charge in [-0.15, -0.1) is 0 Å². The van der Waals surface area contributed by atoms with Gasteiger partial charge in [-0.25, -0.2) is 0 Å². The molecule has 1 aromatic carbocycles. The molecule has 0 saturated carbocycles. The van der Waals surface area contributed by atoms with Gasteiger partial charge in [-0.3, -0.25) is 9.48 Å². The number of nitrogens with one attached hydrogen (secondary N) is 1. The Morgan fingerprint density at radius 1 is 1.38 bits per heavy atom. The van der Waals surface area contributed by atoms with Gasteiger partial charge in [0.15, 0.2) is 0 Å². The number of benzene rings is 1. The number of ether oxygens (including phenoxy) is 1. The molecule has 0 aliphatic carbocycles. The van der Waals surface area contributed by atoms with Crippen molar-refractivity contribution < 1.29 is 9.53 Å². The highest BCUT2D eigenvalue weighted by molar-refractivity contribution is 9.11. The van der Waals surface area contributed by atoms with Crippen molar-refractivity contribution in [3.63, 3.8) is 0 Å². The van der Waals surface area contributed by atoms with Crippen LogP contribution in [0.1, 0.15) is 16.2 Å². The molecule has 1 aromatic heterocycles. The lowest BCUT2D eigenvalue weighted by molar-refractivity contribution is 0.101. The van der Waals surface area contributed by atoms with Gasteiger partial charge in [0.25, 0.3) is 5.91 Å². The number of aromatic nitrogens is 2. The molecule has 112 valence electrons. The molecule has 0 fully saturated rings. The Morgan fingerprint density at radius 3 is 2.57 bits per heavy atom. The number of anilines is 2. The molecular formula is C13H14Br2N4O2. The SMILES string of the molecule is COc1cc(NC(=O)c2c(N)c(C)nn2C)c(Br)cc1Br. The van der Waals surface area contributed by atoms with Gasteiger partial charge >= 0.3 is 0 Å². The maximum absolute atomic E-state index is 12.4. The van der Waals surface area contributed by atoms with Crippen LogP contribution >= 0.6 is 31.9 Å². The van der Waals surface area contributed by atoms with Crippen LogP contribution in [0.3, 0.4) is 0 Å². The van der Waals surface area contributed by atoms with Crippen molar-refractivity contribution in [1.29, 1.82) is 0 Å². The predicted octanol–water partition coefficient (Wildman–Crippen LogP) is 3.10. The molecule has 2 rings (SSSR count). The predicted molar refractivity (Wildman–Crippen MR) is 88.7 cm³/mol. The maximum atomic E-state index is 12.4. The Morgan fingerprint density at radius 2 is 2.05 bits per heavy atom. The molecule has 0 aliphatic rings. The first-order valence-corrected chi connectivity index (χ1v) is 7.57. The van der Waals surface area contributed by atoms with Crippen molar-refractivity contribution in [2.75, 3.05) is 18.2 Å². The first-order valence-electron chi connectivity index (χ1n) is 5.98. The van der Waals surface area contributed by atoms with E-state index in [1.54, 1.807) is 33.2 Å². The monoisotopic (exact) mass is 416 g/mol. The van der Waals surface area contributed by atoms with Gasteiger partial charge < -0.3 is 15.8 Å². The maximum Gasteiger partial charge on any atom is 0.276 e. The molecule has 21 heavy (non-hydrogen) atoms. The van der Waals surface area contributed by atoms with Crippen molar-refractivity contribution in [2.24, 2.45) is 7.05 Å². The standard InChI is InChI=1S/C13H14Br2N4O2/c1-6-11(16)12(19(2)18-6)13(20)17-9-5-10(21-3)8(15)4-7(9)14/h4-5H,16H2,1-3H3,(H,17,20). The van der Waals surface area contributed by atoms with Gasteiger partial charge in [0, 0.05) is 17.6 Å². The van der Waals surface area contributed by atoms with E-state index in [0.29, 0.717) is 28.5 Å². The fraction of sp³-hybridized carbons (Fsp3) is 0.231. The summed E-state index contributed by atoms with van der Waals surface area (Å²) in [5.74, 6) is 0.281. The van der Waals surface area contributed by atoms with Crippen LogP contribution in [0.15, 0.2) is 21.1 Å². The van der Waals surface area contributed by atoms with Gasteiger partial charge in [-0.1, -0.05) is 0 Å². The van der Waals surface area contributed by atoms with Crippen molar-refractivity contribution in [3.8, 4) is 5.75 Å². The molecule has 0 unspecified atom stereocenters. The van der Waals surface area contributed by atoms with Crippen LogP contribution in [0.4, 0.5) is 11.4 Å². The molecule has 0 bridgehead atoms. The number of rotatable bonds is 3. The normalized spacial score (nSPS) is 10.5. The van der Waals surface area contributed by atoms with E-state index in [-0.39, 0.29) is 5.91 Å². The van der Waals surface area contributed by atoms with E-state index in [1.165, 1.54) is 4.68 Å². The van der Waals surface area contributed by atoms with E-state index in [9.17, 15) is 4.79 Å². The summed E-state index contributed by atoms with van der Waals surface area (Å²) in [6.07, 6.45) is 0. The lowest BCUT2D eigenvalue weighted by atomic mass is 10.2. The lowest BCUT2D eigenvalue weighted by Crippen LogP contribution is -2.18. The van der Waals surface area contributed by atoms with E-state index < -0.39 is 0 Å². The average Bonchev–Trinajstić information content (AvgIpc) is 2.66. The van der Waals surface area contributed by atoms with Crippen LogP contribution in [0, 0.1) is 6.92 Å². The Labute approximate surface area is 138 Å². The number of nitrogens with two attached hydrogens (primary N) is 1.